The Balaban J connectivity index is 2.18. The molecule has 0 saturated carbocycles. The molecule has 0 aromatic heterocycles. The molecule has 5 nitrogen and oxygen atoms in total. The number of rotatable bonds is 6. The SMILES string of the molecule is COCCOCNC(=O)Nc1ccc(Br)cc1. The Morgan fingerprint density at radius 1 is 1.29 bits per heavy atom. The molecule has 1 aromatic rings. The number of ether oxygens (including phenoxy) is 2. The van der Waals surface area contributed by atoms with Crippen molar-refractivity contribution in [3.8, 4) is 0 Å². The first-order chi connectivity index (χ1) is 8.22. The zero-order chi connectivity index (χ0) is 12.5. The van der Waals surface area contributed by atoms with Gasteiger partial charge >= 0.3 is 6.03 Å². The van der Waals surface area contributed by atoms with Crippen LogP contribution in [0.3, 0.4) is 0 Å². The van der Waals surface area contributed by atoms with Gasteiger partial charge in [0, 0.05) is 17.3 Å². The van der Waals surface area contributed by atoms with Crippen LogP contribution in [-0.2, 0) is 9.47 Å². The molecule has 0 saturated heterocycles. The van der Waals surface area contributed by atoms with Crippen molar-refractivity contribution in [2.24, 2.45) is 0 Å². The van der Waals surface area contributed by atoms with Gasteiger partial charge in [-0.2, -0.15) is 0 Å². The van der Waals surface area contributed by atoms with Gasteiger partial charge < -0.3 is 20.1 Å². The van der Waals surface area contributed by atoms with Crippen molar-refractivity contribution in [3.63, 3.8) is 0 Å². The van der Waals surface area contributed by atoms with Crippen LogP contribution in [0.4, 0.5) is 10.5 Å². The van der Waals surface area contributed by atoms with Crippen LogP contribution in [0.15, 0.2) is 28.7 Å². The predicted molar refractivity (Wildman–Crippen MR) is 69.0 cm³/mol. The first kappa shape index (κ1) is 14.0. The number of hydrogen-bond acceptors (Lipinski definition) is 3. The molecule has 17 heavy (non-hydrogen) atoms. The highest BCUT2D eigenvalue weighted by Gasteiger charge is 2.00. The Morgan fingerprint density at radius 3 is 2.65 bits per heavy atom. The van der Waals surface area contributed by atoms with Gasteiger partial charge in [-0.05, 0) is 24.3 Å². The fourth-order valence-corrected chi connectivity index (χ4v) is 1.30. The topological polar surface area (TPSA) is 59.6 Å². The van der Waals surface area contributed by atoms with E-state index >= 15 is 0 Å². The number of carbonyl (C=O) groups is 1. The number of urea groups is 1. The lowest BCUT2D eigenvalue weighted by molar-refractivity contribution is 0.0650. The Labute approximate surface area is 109 Å². The molecule has 0 unspecified atom stereocenters. The van der Waals surface area contributed by atoms with Crippen LogP contribution in [0.2, 0.25) is 0 Å². The first-order valence-corrected chi connectivity index (χ1v) is 5.89. The molecule has 0 aliphatic carbocycles. The molecule has 0 spiro atoms. The van der Waals surface area contributed by atoms with E-state index in [1.165, 1.54) is 0 Å². The fraction of sp³-hybridized carbons (Fsp3) is 0.364. The monoisotopic (exact) mass is 302 g/mol. The van der Waals surface area contributed by atoms with Crippen LogP contribution in [-0.4, -0.2) is 33.1 Å². The quantitative estimate of drug-likeness (QED) is 0.625. The molecule has 1 aromatic carbocycles. The lowest BCUT2D eigenvalue weighted by atomic mass is 10.3. The van der Waals surface area contributed by atoms with E-state index in [-0.39, 0.29) is 12.8 Å². The highest BCUT2D eigenvalue weighted by molar-refractivity contribution is 9.10. The van der Waals surface area contributed by atoms with Crippen molar-refractivity contribution in [2.45, 2.75) is 0 Å². The largest absolute Gasteiger partial charge is 0.382 e. The Bertz CT molecular complexity index is 343. The second-order valence-corrected chi connectivity index (χ2v) is 4.10. The Kier molecular flexibility index (Phi) is 6.61. The van der Waals surface area contributed by atoms with Crippen molar-refractivity contribution < 1.29 is 14.3 Å². The van der Waals surface area contributed by atoms with E-state index in [0.717, 1.165) is 10.2 Å². The Hall–Kier alpha value is -1.11. The maximum atomic E-state index is 11.4. The van der Waals surface area contributed by atoms with Crippen LogP contribution in [0.5, 0.6) is 0 Å². The van der Waals surface area contributed by atoms with E-state index in [2.05, 4.69) is 26.6 Å². The van der Waals surface area contributed by atoms with Gasteiger partial charge in [0.05, 0.1) is 13.2 Å². The minimum absolute atomic E-state index is 0.158. The van der Waals surface area contributed by atoms with E-state index in [1.807, 2.05) is 12.1 Å². The lowest BCUT2D eigenvalue weighted by Crippen LogP contribution is -2.31. The predicted octanol–water partition coefficient (Wildman–Crippen LogP) is 2.19. The molecule has 0 aliphatic heterocycles. The summed E-state index contributed by atoms with van der Waals surface area (Å²) in [5, 5.41) is 5.24. The van der Waals surface area contributed by atoms with E-state index in [1.54, 1.807) is 19.2 Å². The molecular weight excluding hydrogens is 288 g/mol. The number of amides is 2. The van der Waals surface area contributed by atoms with Gasteiger partial charge in [0.1, 0.15) is 6.73 Å². The minimum Gasteiger partial charge on any atom is -0.382 e. The summed E-state index contributed by atoms with van der Waals surface area (Å²) in [5.41, 5.74) is 0.725. The zero-order valence-corrected chi connectivity index (χ0v) is 11.1. The summed E-state index contributed by atoms with van der Waals surface area (Å²) in [4.78, 5) is 11.4. The van der Waals surface area contributed by atoms with Crippen LogP contribution in [0.25, 0.3) is 0 Å². The second kappa shape index (κ2) is 8.05. The third-order valence-electron chi connectivity index (χ3n) is 1.87. The fourth-order valence-electron chi connectivity index (χ4n) is 1.04. The standard InChI is InChI=1S/C11H15BrN2O3/c1-16-6-7-17-8-13-11(15)14-10-4-2-9(12)3-5-10/h2-5H,6-8H2,1H3,(H2,13,14,15). The summed E-state index contributed by atoms with van der Waals surface area (Å²) < 4.78 is 10.9. The maximum Gasteiger partial charge on any atom is 0.321 e. The van der Waals surface area contributed by atoms with Gasteiger partial charge in [-0.1, -0.05) is 15.9 Å². The van der Waals surface area contributed by atoms with Crippen molar-refractivity contribution in [1.29, 1.82) is 0 Å². The van der Waals surface area contributed by atoms with Crippen molar-refractivity contribution >= 4 is 27.6 Å². The van der Waals surface area contributed by atoms with E-state index in [4.69, 9.17) is 9.47 Å². The van der Waals surface area contributed by atoms with Gasteiger partial charge in [0.15, 0.2) is 0 Å². The molecule has 94 valence electrons. The minimum atomic E-state index is -0.301. The van der Waals surface area contributed by atoms with Crippen LogP contribution in [0.1, 0.15) is 0 Å². The molecule has 6 heteroatoms. The average Bonchev–Trinajstić information content (AvgIpc) is 2.32. The molecule has 0 bridgehead atoms. The van der Waals surface area contributed by atoms with Gasteiger partial charge in [0.2, 0.25) is 0 Å². The number of methoxy groups -OCH3 is 1. The summed E-state index contributed by atoms with van der Waals surface area (Å²) in [7, 11) is 1.59. The van der Waals surface area contributed by atoms with Gasteiger partial charge in [-0.15, -0.1) is 0 Å². The Morgan fingerprint density at radius 2 is 2.00 bits per heavy atom. The molecule has 0 fully saturated rings. The molecule has 0 heterocycles. The summed E-state index contributed by atoms with van der Waals surface area (Å²) >= 11 is 3.32. The number of carbonyl (C=O) groups excluding carboxylic acids is 1. The van der Waals surface area contributed by atoms with Crippen molar-refractivity contribution in [3.05, 3.63) is 28.7 Å². The molecule has 0 radical (unpaired) electrons. The number of benzene rings is 1. The molecule has 2 N–H and O–H groups in total. The number of anilines is 1. The summed E-state index contributed by atoms with van der Waals surface area (Å²) in [6.45, 7) is 1.12. The molecule has 2 amide bonds. The normalized spacial score (nSPS) is 10.0. The van der Waals surface area contributed by atoms with Crippen LogP contribution >= 0.6 is 15.9 Å². The third-order valence-corrected chi connectivity index (χ3v) is 2.40. The number of hydrogen-bond donors (Lipinski definition) is 2. The lowest BCUT2D eigenvalue weighted by Gasteiger charge is -2.08. The summed E-state index contributed by atoms with van der Waals surface area (Å²) in [5.74, 6) is 0. The second-order valence-electron chi connectivity index (χ2n) is 3.18. The smallest absolute Gasteiger partial charge is 0.321 e. The van der Waals surface area contributed by atoms with E-state index in [0.29, 0.717) is 13.2 Å². The molecule has 1 rings (SSSR count). The summed E-state index contributed by atoms with van der Waals surface area (Å²) in [6, 6.07) is 7.00. The average molecular weight is 303 g/mol. The number of halogens is 1. The highest BCUT2D eigenvalue weighted by atomic mass is 79.9. The van der Waals surface area contributed by atoms with Crippen molar-refractivity contribution in [2.75, 3.05) is 32.4 Å². The molecule has 0 aliphatic rings. The highest BCUT2D eigenvalue weighted by Crippen LogP contribution is 2.13. The van der Waals surface area contributed by atoms with Crippen LogP contribution in [0, 0.1) is 0 Å². The third kappa shape index (κ3) is 6.25. The number of nitrogens with one attached hydrogen (secondary N) is 2. The zero-order valence-electron chi connectivity index (χ0n) is 9.53. The molecular formula is C11H15BrN2O3. The van der Waals surface area contributed by atoms with Gasteiger partial charge in [-0.25, -0.2) is 4.79 Å². The van der Waals surface area contributed by atoms with Crippen LogP contribution < -0.4 is 10.6 Å². The van der Waals surface area contributed by atoms with E-state index in [9.17, 15) is 4.79 Å². The first-order valence-electron chi connectivity index (χ1n) is 5.09. The maximum absolute atomic E-state index is 11.4. The van der Waals surface area contributed by atoms with Crippen molar-refractivity contribution in [1.82, 2.24) is 5.32 Å². The van der Waals surface area contributed by atoms with E-state index < -0.39 is 0 Å². The summed E-state index contributed by atoms with van der Waals surface area (Å²) in [6.07, 6.45) is 0. The molecule has 0 atom stereocenters. The van der Waals surface area contributed by atoms with Gasteiger partial charge in [-0.3, -0.25) is 0 Å². The van der Waals surface area contributed by atoms with Gasteiger partial charge in [0.25, 0.3) is 0 Å².